The Morgan fingerprint density at radius 1 is 1.18 bits per heavy atom. The van der Waals surface area contributed by atoms with Crippen LogP contribution in [0.4, 0.5) is 0 Å². The number of hydrogen-bond donors (Lipinski definition) is 1. The summed E-state index contributed by atoms with van der Waals surface area (Å²) >= 11 is 1.20. The first-order valence-electron chi connectivity index (χ1n) is 9.28. The second-order valence-electron chi connectivity index (χ2n) is 8.43. The summed E-state index contributed by atoms with van der Waals surface area (Å²) in [4.78, 5) is 46.8. The molecule has 0 aromatic carbocycles. The minimum atomic E-state index is -0.466. The van der Waals surface area contributed by atoms with E-state index in [0.29, 0.717) is 23.0 Å². The van der Waals surface area contributed by atoms with E-state index in [1.54, 1.807) is 13.8 Å². The molecule has 0 aliphatic heterocycles. The summed E-state index contributed by atoms with van der Waals surface area (Å²) in [5, 5.41) is 3.15. The molecule has 2 aromatic rings. The van der Waals surface area contributed by atoms with E-state index in [0.717, 1.165) is 4.57 Å². The van der Waals surface area contributed by atoms with Crippen LogP contribution in [0.25, 0.3) is 11.0 Å². The van der Waals surface area contributed by atoms with Gasteiger partial charge in [0.25, 0.3) is 5.56 Å². The van der Waals surface area contributed by atoms with Crippen molar-refractivity contribution < 1.29 is 4.79 Å². The molecule has 154 valence electrons. The van der Waals surface area contributed by atoms with Gasteiger partial charge in [-0.2, -0.15) is 0 Å². The molecule has 1 atom stereocenters. The Kier molecular flexibility index (Phi) is 6.37. The predicted molar refractivity (Wildman–Crippen MR) is 112 cm³/mol. The lowest BCUT2D eigenvalue weighted by molar-refractivity contribution is -0.121. The molecule has 0 bridgehead atoms. The SMILES string of the molecule is Cc1nc(SC(C)C(=O)NC(C)(C)C)c2c(=O)n(C)c(=O)n(CC(C)C)c2n1. The van der Waals surface area contributed by atoms with Crippen molar-refractivity contribution in [2.24, 2.45) is 13.0 Å². The van der Waals surface area contributed by atoms with Crippen LogP contribution in [0.1, 0.15) is 47.4 Å². The van der Waals surface area contributed by atoms with Crippen LogP contribution in [-0.4, -0.2) is 35.8 Å². The second kappa shape index (κ2) is 8.06. The zero-order valence-corrected chi connectivity index (χ0v) is 18.6. The number of hydrogen-bond acceptors (Lipinski definition) is 6. The van der Waals surface area contributed by atoms with Gasteiger partial charge >= 0.3 is 5.69 Å². The summed E-state index contributed by atoms with van der Waals surface area (Å²) in [7, 11) is 1.45. The average molecular weight is 408 g/mol. The van der Waals surface area contributed by atoms with Crippen molar-refractivity contribution in [3.05, 3.63) is 26.7 Å². The molecule has 2 aromatic heterocycles. The highest BCUT2D eigenvalue weighted by atomic mass is 32.2. The van der Waals surface area contributed by atoms with Crippen molar-refractivity contribution >= 4 is 28.7 Å². The summed E-state index contributed by atoms with van der Waals surface area (Å²) in [6.07, 6.45) is 0. The minimum Gasteiger partial charge on any atom is -0.351 e. The molecule has 8 nitrogen and oxygen atoms in total. The lowest BCUT2D eigenvalue weighted by Crippen LogP contribution is -2.44. The molecule has 0 saturated heterocycles. The number of rotatable bonds is 5. The fourth-order valence-corrected chi connectivity index (χ4v) is 3.73. The van der Waals surface area contributed by atoms with E-state index >= 15 is 0 Å². The van der Waals surface area contributed by atoms with E-state index in [9.17, 15) is 14.4 Å². The number of carbonyl (C=O) groups is 1. The molecular weight excluding hydrogens is 378 g/mol. The molecule has 1 unspecified atom stereocenters. The topological polar surface area (TPSA) is 98.9 Å². The zero-order valence-electron chi connectivity index (χ0n) is 17.8. The highest BCUT2D eigenvalue weighted by Gasteiger charge is 2.24. The first-order valence-corrected chi connectivity index (χ1v) is 10.2. The fourth-order valence-electron chi connectivity index (χ4n) is 2.75. The standard InChI is InChI=1S/C19H29N5O3S/c1-10(2)9-24-14-13(17(26)23(8)18(24)27)16(21-12(4)20-14)28-11(3)15(25)22-19(5,6)7/h10-11H,9H2,1-8H3,(H,22,25). The summed E-state index contributed by atoms with van der Waals surface area (Å²) in [5.41, 5.74) is -0.895. The molecule has 0 fully saturated rings. The number of nitrogens with zero attached hydrogens (tertiary/aromatic N) is 4. The highest BCUT2D eigenvalue weighted by Crippen LogP contribution is 2.27. The number of aryl methyl sites for hydroxylation is 1. The summed E-state index contributed by atoms with van der Waals surface area (Å²) in [5.74, 6) is 0.499. The molecular formula is C19H29N5O3S. The Balaban J connectivity index is 2.65. The van der Waals surface area contributed by atoms with Gasteiger partial charge in [-0.15, -0.1) is 0 Å². The maximum atomic E-state index is 12.9. The molecule has 0 aliphatic rings. The quantitative estimate of drug-likeness (QED) is 0.600. The van der Waals surface area contributed by atoms with Gasteiger partial charge in [0.05, 0.1) is 5.25 Å². The fraction of sp³-hybridized carbons (Fsp3) is 0.632. The second-order valence-corrected chi connectivity index (χ2v) is 9.75. The number of aromatic nitrogens is 4. The molecule has 2 rings (SSSR count). The third-order valence-corrected chi connectivity index (χ3v) is 5.05. The highest BCUT2D eigenvalue weighted by molar-refractivity contribution is 8.00. The lowest BCUT2D eigenvalue weighted by atomic mass is 10.1. The van der Waals surface area contributed by atoms with Gasteiger partial charge in [-0.25, -0.2) is 14.8 Å². The van der Waals surface area contributed by atoms with Crippen molar-refractivity contribution in [2.75, 3.05) is 0 Å². The third-order valence-electron chi connectivity index (χ3n) is 3.96. The normalized spacial score (nSPS) is 13.2. The summed E-state index contributed by atoms with van der Waals surface area (Å²) < 4.78 is 2.59. The molecule has 9 heteroatoms. The van der Waals surface area contributed by atoms with E-state index in [-0.39, 0.29) is 22.8 Å². The maximum absolute atomic E-state index is 12.9. The Bertz CT molecular complexity index is 1020. The van der Waals surface area contributed by atoms with Crippen LogP contribution < -0.4 is 16.6 Å². The van der Waals surface area contributed by atoms with E-state index < -0.39 is 16.5 Å². The number of carbonyl (C=O) groups excluding carboxylic acids is 1. The lowest BCUT2D eigenvalue weighted by Gasteiger charge is -2.23. The average Bonchev–Trinajstić information content (AvgIpc) is 2.54. The van der Waals surface area contributed by atoms with E-state index in [1.165, 1.54) is 23.4 Å². The Hall–Kier alpha value is -2.16. The maximum Gasteiger partial charge on any atom is 0.332 e. The van der Waals surface area contributed by atoms with Gasteiger partial charge in [0, 0.05) is 19.1 Å². The zero-order chi connectivity index (χ0) is 21.4. The van der Waals surface area contributed by atoms with E-state index in [4.69, 9.17) is 0 Å². The monoisotopic (exact) mass is 407 g/mol. The minimum absolute atomic E-state index is 0.144. The van der Waals surface area contributed by atoms with Gasteiger partial charge < -0.3 is 5.32 Å². The van der Waals surface area contributed by atoms with Crippen molar-refractivity contribution in [1.82, 2.24) is 24.4 Å². The number of thioether (sulfide) groups is 1. The van der Waals surface area contributed by atoms with Crippen LogP contribution in [0.5, 0.6) is 0 Å². The summed E-state index contributed by atoms with van der Waals surface area (Å²) in [6.45, 7) is 13.6. The van der Waals surface area contributed by atoms with Crippen molar-refractivity contribution in [3.63, 3.8) is 0 Å². The van der Waals surface area contributed by atoms with Crippen LogP contribution >= 0.6 is 11.8 Å². The van der Waals surface area contributed by atoms with Crippen LogP contribution in [0.2, 0.25) is 0 Å². The molecule has 0 aliphatic carbocycles. The van der Waals surface area contributed by atoms with Gasteiger partial charge in [-0.3, -0.25) is 18.7 Å². The van der Waals surface area contributed by atoms with Gasteiger partial charge in [-0.1, -0.05) is 25.6 Å². The van der Waals surface area contributed by atoms with Crippen molar-refractivity contribution in [1.29, 1.82) is 0 Å². The Morgan fingerprint density at radius 3 is 2.32 bits per heavy atom. The van der Waals surface area contributed by atoms with Gasteiger partial charge in [0.15, 0.2) is 5.65 Å². The summed E-state index contributed by atoms with van der Waals surface area (Å²) in [6, 6.07) is 0. The van der Waals surface area contributed by atoms with Gasteiger partial charge in [-0.05, 0) is 40.5 Å². The van der Waals surface area contributed by atoms with Crippen LogP contribution in [-0.2, 0) is 18.4 Å². The van der Waals surface area contributed by atoms with Crippen molar-refractivity contribution in [2.45, 2.75) is 70.8 Å². The smallest absolute Gasteiger partial charge is 0.332 e. The van der Waals surface area contributed by atoms with E-state index in [2.05, 4.69) is 15.3 Å². The Morgan fingerprint density at radius 2 is 1.79 bits per heavy atom. The molecule has 28 heavy (non-hydrogen) atoms. The number of amides is 1. The molecule has 1 amide bonds. The predicted octanol–water partition coefficient (Wildman–Crippen LogP) is 1.85. The van der Waals surface area contributed by atoms with Crippen LogP contribution in [0.15, 0.2) is 14.6 Å². The number of nitrogens with one attached hydrogen (secondary N) is 1. The van der Waals surface area contributed by atoms with Gasteiger partial charge in [0.2, 0.25) is 5.91 Å². The molecule has 0 saturated carbocycles. The van der Waals surface area contributed by atoms with E-state index in [1.807, 2.05) is 34.6 Å². The largest absolute Gasteiger partial charge is 0.351 e. The molecule has 0 spiro atoms. The number of fused-ring (bicyclic) bond motifs is 1. The molecule has 1 N–H and O–H groups in total. The van der Waals surface area contributed by atoms with Crippen molar-refractivity contribution in [3.8, 4) is 0 Å². The van der Waals surface area contributed by atoms with Crippen LogP contribution in [0.3, 0.4) is 0 Å². The van der Waals surface area contributed by atoms with Gasteiger partial charge in [0.1, 0.15) is 16.2 Å². The molecule has 2 heterocycles. The van der Waals surface area contributed by atoms with Crippen LogP contribution in [0, 0.1) is 12.8 Å². The third kappa shape index (κ3) is 4.81. The molecule has 0 radical (unpaired) electrons. The Labute approximate surface area is 168 Å². The first kappa shape index (κ1) is 22.1. The first-order chi connectivity index (χ1) is 12.8.